The van der Waals surface area contributed by atoms with Crippen LogP contribution >= 0.6 is 0 Å². The number of aliphatic hydroxyl groups excluding tert-OH is 1. The number of aliphatic hydroxyl groups is 1. The minimum Gasteiger partial charge on any atom is -0.479 e. The molecule has 0 aromatic heterocycles. The standard InChI is InChI=1S/C37H41N5O6/c1-25-19-26(2)21-30(20-25)39-36(46)27(3)48-33-16-9-8-15-32(33)42(24-35(45)41(4)31-13-6-5-7-14-31)34(44)23-38-37(47)40-29-12-10-11-28(22-29)17-18-43/h5-16,19-22,27,43H,17-18,23-24H2,1-4H3,(H,39,46)(H2,38,40,47). The SMILES string of the molecule is Cc1cc(C)cc(NC(=O)C(C)Oc2ccccc2N(CC(=O)N(C)c2ccccc2)C(=O)CNC(=O)Nc2cccc(CCO)c2)c1. The van der Waals surface area contributed by atoms with Gasteiger partial charge in [-0.05, 0) is 92.4 Å². The zero-order chi connectivity index (χ0) is 34.6. The Morgan fingerprint density at radius 3 is 2.19 bits per heavy atom. The third-order valence-electron chi connectivity index (χ3n) is 7.42. The Morgan fingerprint density at radius 2 is 1.48 bits per heavy atom. The summed E-state index contributed by atoms with van der Waals surface area (Å²) < 4.78 is 6.09. The lowest BCUT2D eigenvalue weighted by Crippen LogP contribution is -2.46. The van der Waals surface area contributed by atoms with Crippen molar-refractivity contribution in [2.45, 2.75) is 33.3 Å². The number of ether oxygens (including phenoxy) is 1. The van der Waals surface area contributed by atoms with E-state index in [1.165, 1.54) is 9.80 Å². The summed E-state index contributed by atoms with van der Waals surface area (Å²) in [6.45, 7) is 4.63. The highest BCUT2D eigenvalue weighted by molar-refractivity contribution is 6.06. The van der Waals surface area contributed by atoms with Crippen LogP contribution in [0.25, 0.3) is 0 Å². The van der Waals surface area contributed by atoms with Crippen LogP contribution in [0.4, 0.5) is 27.5 Å². The first-order chi connectivity index (χ1) is 23.0. The Hall–Kier alpha value is -5.68. The summed E-state index contributed by atoms with van der Waals surface area (Å²) in [6, 6.07) is 27.7. The van der Waals surface area contributed by atoms with Gasteiger partial charge < -0.3 is 30.7 Å². The molecule has 0 saturated heterocycles. The fraction of sp³-hybridized carbons (Fsp3) is 0.243. The van der Waals surface area contributed by atoms with Crippen LogP contribution in [0.5, 0.6) is 5.75 Å². The lowest BCUT2D eigenvalue weighted by atomic mass is 10.1. The van der Waals surface area contributed by atoms with Gasteiger partial charge in [0.2, 0.25) is 11.8 Å². The maximum Gasteiger partial charge on any atom is 0.319 e. The molecule has 4 aromatic rings. The average molecular weight is 652 g/mol. The maximum absolute atomic E-state index is 13.8. The molecular formula is C37H41N5O6. The number of para-hydroxylation sites is 3. The number of likely N-dealkylation sites (N-methyl/N-ethyl adjacent to an activating group) is 1. The zero-order valence-electron chi connectivity index (χ0n) is 27.5. The summed E-state index contributed by atoms with van der Waals surface area (Å²) >= 11 is 0. The van der Waals surface area contributed by atoms with Crippen LogP contribution in [0.15, 0.2) is 97.1 Å². The molecule has 4 aromatic carbocycles. The van der Waals surface area contributed by atoms with Crippen LogP contribution in [0.1, 0.15) is 23.6 Å². The Kier molecular flexibility index (Phi) is 12.3. The molecular weight excluding hydrogens is 610 g/mol. The Balaban J connectivity index is 1.53. The number of hydrogen-bond acceptors (Lipinski definition) is 6. The van der Waals surface area contributed by atoms with Gasteiger partial charge in [0, 0.05) is 30.7 Å². The summed E-state index contributed by atoms with van der Waals surface area (Å²) in [6.07, 6.45) is -0.527. The Bertz CT molecular complexity index is 1730. The van der Waals surface area contributed by atoms with Crippen LogP contribution in [0, 0.1) is 13.8 Å². The zero-order valence-corrected chi connectivity index (χ0v) is 27.5. The summed E-state index contributed by atoms with van der Waals surface area (Å²) in [5, 5.41) is 17.3. The van der Waals surface area contributed by atoms with E-state index in [1.54, 1.807) is 80.7 Å². The third-order valence-corrected chi connectivity index (χ3v) is 7.42. The van der Waals surface area contributed by atoms with E-state index in [0.717, 1.165) is 16.7 Å². The molecule has 0 aliphatic rings. The van der Waals surface area contributed by atoms with E-state index in [0.29, 0.717) is 23.5 Å². The molecule has 4 N–H and O–H groups in total. The van der Waals surface area contributed by atoms with Crippen molar-refractivity contribution in [1.82, 2.24) is 5.32 Å². The second kappa shape index (κ2) is 16.8. The van der Waals surface area contributed by atoms with Crippen molar-refractivity contribution >= 4 is 46.5 Å². The van der Waals surface area contributed by atoms with Gasteiger partial charge in [-0.1, -0.05) is 48.5 Å². The fourth-order valence-corrected chi connectivity index (χ4v) is 5.02. The summed E-state index contributed by atoms with van der Waals surface area (Å²) in [7, 11) is 1.61. The lowest BCUT2D eigenvalue weighted by Gasteiger charge is -2.28. The molecule has 1 atom stereocenters. The lowest BCUT2D eigenvalue weighted by molar-refractivity contribution is -0.122. The van der Waals surface area contributed by atoms with Gasteiger partial charge in [-0.3, -0.25) is 19.3 Å². The van der Waals surface area contributed by atoms with Gasteiger partial charge in [0.25, 0.3) is 5.91 Å². The van der Waals surface area contributed by atoms with Gasteiger partial charge in [0.15, 0.2) is 6.10 Å². The number of benzene rings is 4. The summed E-state index contributed by atoms with van der Waals surface area (Å²) in [4.78, 5) is 55.8. The molecule has 0 aliphatic carbocycles. The first-order valence-electron chi connectivity index (χ1n) is 15.6. The number of amides is 5. The molecule has 0 heterocycles. The number of rotatable bonds is 13. The highest BCUT2D eigenvalue weighted by atomic mass is 16.5. The van der Waals surface area contributed by atoms with Crippen molar-refractivity contribution < 1.29 is 29.0 Å². The van der Waals surface area contributed by atoms with Crippen molar-refractivity contribution in [3.63, 3.8) is 0 Å². The molecule has 0 aliphatic heterocycles. The number of urea groups is 1. The van der Waals surface area contributed by atoms with Gasteiger partial charge in [-0.2, -0.15) is 0 Å². The molecule has 0 spiro atoms. The molecule has 1 unspecified atom stereocenters. The molecule has 250 valence electrons. The van der Waals surface area contributed by atoms with Gasteiger partial charge in [-0.25, -0.2) is 4.79 Å². The highest BCUT2D eigenvalue weighted by Crippen LogP contribution is 2.30. The molecule has 4 rings (SSSR count). The maximum atomic E-state index is 13.8. The van der Waals surface area contributed by atoms with Crippen LogP contribution in [-0.4, -0.2) is 61.7 Å². The third kappa shape index (κ3) is 9.91. The molecule has 0 bridgehead atoms. The van der Waals surface area contributed by atoms with E-state index in [4.69, 9.17) is 4.74 Å². The predicted octanol–water partition coefficient (Wildman–Crippen LogP) is 5.06. The molecule has 11 heteroatoms. The van der Waals surface area contributed by atoms with Crippen molar-refractivity contribution in [1.29, 1.82) is 0 Å². The van der Waals surface area contributed by atoms with Gasteiger partial charge in [-0.15, -0.1) is 0 Å². The minimum absolute atomic E-state index is 0.0285. The number of anilines is 4. The van der Waals surface area contributed by atoms with Gasteiger partial charge >= 0.3 is 6.03 Å². The van der Waals surface area contributed by atoms with E-state index in [-0.39, 0.29) is 24.6 Å². The van der Waals surface area contributed by atoms with Crippen molar-refractivity contribution in [2.75, 3.05) is 47.2 Å². The second-order valence-corrected chi connectivity index (χ2v) is 11.3. The fourth-order valence-electron chi connectivity index (χ4n) is 5.02. The van der Waals surface area contributed by atoms with Gasteiger partial charge in [0.05, 0.1) is 12.2 Å². The molecule has 11 nitrogen and oxygen atoms in total. The molecule has 0 fully saturated rings. The second-order valence-electron chi connectivity index (χ2n) is 11.3. The number of carbonyl (C=O) groups excluding carboxylic acids is 4. The number of nitrogens with one attached hydrogen (secondary N) is 3. The highest BCUT2D eigenvalue weighted by Gasteiger charge is 2.26. The molecule has 48 heavy (non-hydrogen) atoms. The van der Waals surface area contributed by atoms with Crippen LogP contribution in [0.2, 0.25) is 0 Å². The normalized spacial score (nSPS) is 11.2. The summed E-state index contributed by atoms with van der Waals surface area (Å²) in [5.74, 6) is -1.17. The van der Waals surface area contributed by atoms with Crippen LogP contribution in [-0.2, 0) is 20.8 Å². The Morgan fingerprint density at radius 1 is 0.792 bits per heavy atom. The van der Waals surface area contributed by atoms with Crippen LogP contribution < -0.4 is 30.5 Å². The van der Waals surface area contributed by atoms with E-state index in [9.17, 15) is 24.3 Å². The van der Waals surface area contributed by atoms with Crippen molar-refractivity contribution in [3.05, 3.63) is 114 Å². The minimum atomic E-state index is -0.961. The average Bonchev–Trinajstić information content (AvgIpc) is 3.06. The van der Waals surface area contributed by atoms with Crippen LogP contribution in [0.3, 0.4) is 0 Å². The first-order valence-corrected chi connectivity index (χ1v) is 15.6. The summed E-state index contributed by atoms with van der Waals surface area (Å²) in [5.41, 5.74) is 4.86. The van der Waals surface area contributed by atoms with E-state index < -0.39 is 36.4 Å². The topological polar surface area (TPSA) is 140 Å². The molecule has 5 amide bonds. The van der Waals surface area contributed by atoms with E-state index >= 15 is 0 Å². The number of aryl methyl sites for hydroxylation is 2. The predicted molar refractivity (Wildman–Crippen MR) is 188 cm³/mol. The molecule has 0 radical (unpaired) electrons. The monoisotopic (exact) mass is 651 g/mol. The van der Waals surface area contributed by atoms with E-state index in [2.05, 4.69) is 16.0 Å². The largest absolute Gasteiger partial charge is 0.479 e. The van der Waals surface area contributed by atoms with Crippen molar-refractivity contribution in [3.8, 4) is 5.75 Å². The Labute approximate surface area is 280 Å². The molecule has 0 saturated carbocycles. The van der Waals surface area contributed by atoms with Gasteiger partial charge in [0.1, 0.15) is 12.3 Å². The quantitative estimate of drug-likeness (QED) is 0.159. The van der Waals surface area contributed by atoms with Crippen molar-refractivity contribution in [2.24, 2.45) is 0 Å². The number of hydrogen-bond donors (Lipinski definition) is 4. The van der Waals surface area contributed by atoms with E-state index in [1.807, 2.05) is 44.2 Å². The smallest absolute Gasteiger partial charge is 0.319 e. The number of nitrogens with zero attached hydrogens (tertiary/aromatic N) is 2. The number of carbonyl (C=O) groups is 4. The first kappa shape index (κ1) is 35.2.